The Labute approximate surface area is 118 Å². The Morgan fingerprint density at radius 2 is 2.05 bits per heavy atom. The summed E-state index contributed by atoms with van der Waals surface area (Å²) in [4.78, 5) is 18.6. The fourth-order valence-electron chi connectivity index (χ4n) is 2.55. The molecule has 0 atom stereocenters. The average molecular weight is 267 g/mol. The number of pyridine rings is 1. The summed E-state index contributed by atoms with van der Waals surface area (Å²) in [5.41, 5.74) is 3.28. The molecule has 2 heterocycles. The van der Waals surface area contributed by atoms with Crippen LogP contribution < -0.4 is 5.32 Å². The summed E-state index contributed by atoms with van der Waals surface area (Å²) in [6.45, 7) is 1.46. The van der Waals surface area contributed by atoms with E-state index in [0.717, 1.165) is 13.0 Å². The van der Waals surface area contributed by atoms with Gasteiger partial charge >= 0.3 is 0 Å². The molecular weight excluding hydrogens is 250 g/mol. The summed E-state index contributed by atoms with van der Waals surface area (Å²) in [5, 5.41) is 2.96. The molecule has 20 heavy (non-hydrogen) atoms. The average Bonchev–Trinajstić information content (AvgIpc) is 2.53. The molecule has 1 aromatic carbocycles. The summed E-state index contributed by atoms with van der Waals surface area (Å²) < 4.78 is 0. The molecule has 0 saturated carbocycles. The normalized spacial score (nSPS) is 13.8. The Kier molecular flexibility index (Phi) is 3.37. The van der Waals surface area contributed by atoms with Crippen LogP contribution in [0.5, 0.6) is 0 Å². The zero-order valence-electron chi connectivity index (χ0n) is 11.5. The third-order valence-electron chi connectivity index (χ3n) is 3.68. The smallest absolute Gasteiger partial charge is 0.254 e. The van der Waals surface area contributed by atoms with E-state index in [9.17, 15) is 4.79 Å². The van der Waals surface area contributed by atoms with E-state index >= 15 is 0 Å². The molecule has 1 aliphatic heterocycles. The van der Waals surface area contributed by atoms with Crippen molar-refractivity contribution >= 4 is 11.7 Å². The van der Waals surface area contributed by atoms with Gasteiger partial charge in [0, 0.05) is 31.9 Å². The Morgan fingerprint density at radius 1 is 1.25 bits per heavy atom. The molecule has 0 unspecified atom stereocenters. The first kappa shape index (κ1) is 12.7. The monoisotopic (exact) mass is 267 g/mol. The van der Waals surface area contributed by atoms with Crippen LogP contribution >= 0.6 is 0 Å². The van der Waals surface area contributed by atoms with E-state index in [0.29, 0.717) is 17.9 Å². The highest BCUT2D eigenvalue weighted by Gasteiger charge is 2.21. The maximum absolute atomic E-state index is 12.5. The lowest BCUT2D eigenvalue weighted by molar-refractivity contribution is 0.0734. The van der Waals surface area contributed by atoms with Gasteiger partial charge < -0.3 is 10.2 Å². The van der Waals surface area contributed by atoms with Gasteiger partial charge in [-0.1, -0.05) is 24.3 Å². The van der Waals surface area contributed by atoms with Crippen LogP contribution in [0.1, 0.15) is 21.5 Å². The van der Waals surface area contributed by atoms with E-state index in [2.05, 4.69) is 28.5 Å². The van der Waals surface area contributed by atoms with Gasteiger partial charge in [-0.15, -0.1) is 0 Å². The third-order valence-corrected chi connectivity index (χ3v) is 3.68. The third kappa shape index (κ3) is 2.37. The first-order valence-electron chi connectivity index (χ1n) is 6.78. The standard InChI is InChI=1S/C16H17N3O/c1-17-15-10-13(6-8-18-15)16(20)19-9-7-12-4-2-3-5-14(12)11-19/h2-6,8,10H,7,9,11H2,1H3,(H,17,18). The van der Waals surface area contributed by atoms with Crippen molar-refractivity contribution in [2.45, 2.75) is 13.0 Å². The summed E-state index contributed by atoms with van der Waals surface area (Å²) in [6, 6.07) is 11.9. The minimum Gasteiger partial charge on any atom is -0.373 e. The zero-order chi connectivity index (χ0) is 13.9. The molecule has 0 bridgehead atoms. The van der Waals surface area contributed by atoms with Gasteiger partial charge in [-0.25, -0.2) is 4.98 Å². The Morgan fingerprint density at radius 3 is 2.85 bits per heavy atom. The number of hydrogen-bond donors (Lipinski definition) is 1. The molecule has 3 rings (SSSR count). The fourth-order valence-corrected chi connectivity index (χ4v) is 2.55. The number of carbonyl (C=O) groups excluding carboxylic acids is 1. The van der Waals surface area contributed by atoms with E-state index in [1.807, 2.05) is 11.0 Å². The molecule has 1 aliphatic rings. The Balaban J connectivity index is 1.82. The minimum absolute atomic E-state index is 0.0680. The van der Waals surface area contributed by atoms with E-state index < -0.39 is 0 Å². The Hall–Kier alpha value is -2.36. The van der Waals surface area contributed by atoms with Crippen molar-refractivity contribution in [2.24, 2.45) is 0 Å². The summed E-state index contributed by atoms with van der Waals surface area (Å²) in [6.07, 6.45) is 2.59. The molecule has 102 valence electrons. The number of benzene rings is 1. The van der Waals surface area contributed by atoms with Crippen molar-refractivity contribution in [2.75, 3.05) is 18.9 Å². The molecule has 0 spiro atoms. The molecule has 4 heteroatoms. The second-order valence-corrected chi connectivity index (χ2v) is 4.93. The van der Waals surface area contributed by atoms with Crippen LogP contribution in [0, 0.1) is 0 Å². The number of nitrogens with one attached hydrogen (secondary N) is 1. The number of carbonyl (C=O) groups is 1. The quantitative estimate of drug-likeness (QED) is 0.908. The first-order chi connectivity index (χ1) is 9.78. The van der Waals surface area contributed by atoms with Crippen molar-refractivity contribution in [1.82, 2.24) is 9.88 Å². The van der Waals surface area contributed by atoms with E-state index in [4.69, 9.17) is 0 Å². The second-order valence-electron chi connectivity index (χ2n) is 4.93. The lowest BCUT2D eigenvalue weighted by atomic mass is 9.99. The largest absolute Gasteiger partial charge is 0.373 e. The van der Waals surface area contributed by atoms with Crippen LogP contribution in [-0.4, -0.2) is 29.4 Å². The highest BCUT2D eigenvalue weighted by Crippen LogP contribution is 2.20. The van der Waals surface area contributed by atoms with Gasteiger partial charge in [-0.2, -0.15) is 0 Å². The predicted octanol–water partition coefficient (Wildman–Crippen LogP) is 2.32. The van der Waals surface area contributed by atoms with Gasteiger partial charge in [0.25, 0.3) is 5.91 Å². The van der Waals surface area contributed by atoms with Gasteiger partial charge in [-0.3, -0.25) is 4.79 Å². The first-order valence-corrected chi connectivity index (χ1v) is 6.78. The van der Waals surface area contributed by atoms with Crippen LogP contribution in [-0.2, 0) is 13.0 Å². The van der Waals surface area contributed by atoms with E-state index in [1.54, 1.807) is 25.4 Å². The molecular formula is C16H17N3O. The van der Waals surface area contributed by atoms with Gasteiger partial charge in [0.15, 0.2) is 0 Å². The van der Waals surface area contributed by atoms with Crippen LogP contribution in [0.25, 0.3) is 0 Å². The van der Waals surface area contributed by atoms with Gasteiger partial charge in [0.05, 0.1) is 0 Å². The topological polar surface area (TPSA) is 45.2 Å². The highest BCUT2D eigenvalue weighted by atomic mass is 16.2. The lowest BCUT2D eigenvalue weighted by Crippen LogP contribution is -2.35. The molecule has 1 aromatic heterocycles. The van der Waals surface area contributed by atoms with E-state index in [1.165, 1.54) is 11.1 Å². The summed E-state index contributed by atoms with van der Waals surface area (Å²) >= 11 is 0. The van der Waals surface area contributed by atoms with Gasteiger partial charge in [-0.05, 0) is 29.7 Å². The molecule has 0 radical (unpaired) electrons. The second kappa shape index (κ2) is 5.33. The van der Waals surface area contributed by atoms with Crippen molar-refractivity contribution < 1.29 is 4.79 Å². The van der Waals surface area contributed by atoms with Gasteiger partial charge in [0.1, 0.15) is 5.82 Å². The Bertz CT molecular complexity index is 639. The number of hydrogen-bond acceptors (Lipinski definition) is 3. The minimum atomic E-state index is 0.0680. The predicted molar refractivity (Wildman–Crippen MR) is 78.7 cm³/mol. The van der Waals surface area contributed by atoms with Gasteiger partial charge in [0.2, 0.25) is 0 Å². The number of rotatable bonds is 2. The molecule has 0 aliphatic carbocycles. The van der Waals surface area contributed by atoms with E-state index in [-0.39, 0.29) is 5.91 Å². The number of nitrogens with zero attached hydrogens (tertiary/aromatic N) is 2. The van der Waals surface area contributed by atoms with Crippen LogP contribution in [0.4, 0.5) is 5.82 Å². The van der Waals surface area contributed by atoms with Crippen molar-refractivity contribution in [3.63, 3.8) is 0 Å². The maximum atomic E-state index is 12.5. The van der Waals surface area contributed by atoms with Crippen molar-refractivity contribution in [1.29, 1.82) is 0 Å². The molecule has 2 aromatic rings. The van der Waals surface area contributed by atoms with Crippen LogP contribution in [0.2, 0.25) is 0 Å². The number of fused-ring (bicyclic) bond motifs is 1. The molecule has 1 amide bonds. The summed E-state index contributed by atoms with van der Waals surface area (Å²) in [7, 11) is 1.80. The number of amides is 1. The number of anilines is 1. The fraction of sp³-hybridized carbons (Fsp3) is 0.250. The molecule has 4 nitrogen and oxygen atoms in total. The SMILES string of the molecule is CNc1cc(C(=O)N2CCc3ccccc3C2)ccn1. The lowest BCUT2D eigenvalue weighted by Gasteiger charge is -2.29. The molecule has 0 fully saturated rings. The molecule has 0 saturated heterocycles. The number of aromatic nitrogens is 1. The molecule has 1 N–H and O–H groups in total. The van der Waals surface area contributed by atoms with Crippen molar-refractivity contribution in [3.05, 3.63) is 59.3 Å². The van der Waals surface area contributed by atoms with Crippen LogP contribution in [0.3, 0.4) is 0 Å². The zero-order valence-corrected chi connectivity index (χ0v) is 11.5. The van der Waals surface area contributed by atoms with Crippen LogP contribution in [0.15, 0.2) is 42.6 Å². The van der Waals surface area contributed by atoms with Crippen molar-refractivity contribution in [3.8, 4) is 0 Å². The summed E-state index contributed by atoms with van der Waals surface area (Å²) in [5.74, 6) is 0.784. The maximum Gasteiger partial charge on any atom is 0.254 e. The highest BCUT2D eigenvalue weighted by molar-refractivity contribution is 5.95.